The van der Waals surface area contributed by atoms with Gasteiger partial charge in [0.1, 0.15) is 0 Å². The van der Waals surface area contributed by atoms with Crippen LogP contribution in [0.1, 0.15) is 160 Å². The summed E-state index contributed by atoms with van der Waals surface area (Å²) >= 11 is 0. The van der Waals surface area contributed by atoms with Crippen molar-refractivity contribution < 1.29 is 19.1 Å². The van der Waals surface area contributed by atoms with E-state index in [0.717, 1.165) is 119 Å². The Kier molecular flexibility index (Phi) is 20.5. The standard InChI is InChI=1S/C99H70N8O4/c1-4-110-97(108)78-32-28-76(29-33-78)95-90-50-46-86(103-90)84(44-24-70-14-26-75(27-15-70)94-7-6-66-107(94)3)87-47-51-91(104-87)96(77-30-34-79(35-31-77)98(109)111-5-2)93-53-49-89(106-93)85(88-48-52-92(95)105-88)45-25-71-22-42-83(43-23-71)99(80-36-16-67(17-37-80)8-11-72-54-60-100-61-55-72,81-38-18-68(19-39-81)9-12-73-56-62-101-63-57-73)82-40-20-69(21-41-82)10-13-74-58-64-102-65-59-74/h14-23,26-43,46-65,94,103,106H,4-7,66H2,1-3H3. The van der Waals surface area contributed by atoms with Gasteiger partial charge in [-0.15, -0.1) is 0 Å². The number of fused-ring (bicyclic) bond motifs is 8. The summed E-state index contributed by atoms with van der Waals surface area (Å²) < 4.78 is 10.9. The molecule has 0 aliphatic carbocycles. The van der Waals surface area contributed by atoms with E-state index in [1.807, 2.05) is 109 Å². The smallest absolute Gasteiger partial charge is 0.338 e. The Morgan fingerprint density at radius 2 is 0.685 bits per heavy atom. The Balaban J connectivity index is 0.878. The van der Waals surface area contributed by atoms with Crippen LogP contribution in [0.2, 0.25) is 0 Å². The lowest BCUT2D eigenvalue weighted by atomic mass is 9.65. The zero-order valence-electron chi connectivity index (χ0n) is 61.1. The third kappa shape index (κ3) is 15.4. The molecule has 530 valence electrons. The van der Waals surface area contributed by atoms with Crippen LogP contribution in [0.15, 0.2) is 268 Å². The van der Waals surface area contributed by atoms with Gasteiger partial charge in [-0.25, -0.2) is 19.6 Å². The minimum absolute atomic E-state index is 0.246. The minimum Gasteiger partial charge on any atom is -0.462 e. The van der Waals surface area contributed by atoms with Gasteiger partial charge in [-0.2, -0.15) is 0 Å². The molecule has 1 unspecified atom stereocenters. The summed E-state index contributed by atoms with van der Waals surface area (Å²) in [5.41, 5.74) is 21.9. The van der Waals surface area contributed by atoms with Gasteiger partial charge in [-0.3, -0.25) is 19.9 Å². The lowest BCUT2D eigenvalue weighted by molar-refractivity contribution is 0.0517. The zero-order valence-corrected chi connectivity index (χ0v) is 61.1. The van der Waals surface area contributed by atoms with Gasteiger partial charge < -0.3 is 19.4 Å². The van der Waals surface area contributed by atoms with Crippen LogP contribution in [0.5, 0.6) is 0 Å². The second-order valence-corrected chi connectivity index (χ2v) is 26.9. The van der Waals surface area contributed by atoms with E-state index >= 15 is 0 Å². The molecule has 0 amide bonds. The number of esters is 2. The summed E-state index contributed by atoms with van der Waals surface area (Å²) in [5.74, 6) is 33.6. The number of carbonyl (C=O) groups is 2. The predicted molar refractivity (Wildman–Crippen MR) is 440 cm³/mol. The van der Waals surface area contributed by atoms with Crippen molar-refractivity contribution in [3.05, 3.63) is 385 Å². The van der Waals surface area contributed by atoms with E-state index in [4.69, 9.17) is 19.4 Å². The fourth-order valence-corrected chi connectivity index (χ4v) is 14.4. The predicted octanol–water partition coefficient (Wildman–Crippen LogP) is 18.7. The van der Waals surface area contributed by atoms with Gasteiger partial charge in [0.25, 0.3) is 0 Å². The quantitative estimate of drug-likeness (QED) is 0.0727. The summed E-state index contributed by atoms with van der Waals surface area (Å²) in [6.07, 6.45) is 20.8. The van der Waals surface area contributed by atoms with Crippen LogP contribution in [0.25, 0.3) is 68.6 Å². The van der Waals surface area contributed by atoms with E-state index in [1.54, 1.807) is 75.3 Å². The molecule has 13 aromatic rings. The molecule has 16 rings (SSSR count). The third-order valence-corrected chi connectivity index (χ3v) is 20.0. The van der Waals surface area contributed by atoms with Gasteiger partial charge in [-0.1, -0.05) is 144 Å². The highest BCUT2D eigenvalue weighted by Gasteiger charge is 2.39. The molecule has 0 radical (unpaired) electrons. The lowest BCUT2D eigenvalue weighted by Crippen LogP contribution is -2.31. The number of hydrogen-bond donors (Lipinski definition) is 2. The highest BCUT2D eigenvalue weighted by molar-refractivity contribution is 5.97. The summed E-state index contributed by atoms with van der Waals surface area (Å²) in [6.45, 7) is 5.16. The van der Waals surface area contributed by atoms with E-state index in [9.17, 15) is 9.59 Å². The van der Waals surface area contributed by atoms with Crippen molar-refractivity contribution >= 4 is 58.3 Å². The van der Waals surface area contributed by atoms with Crippen LogP contribution >= 0.6 is 0 Å². The first-order valence-electron chi connectivity index (χ1n) is 36.8. The molecular weight excluding hydrogens is 1370 g/mol. The molecule has 1 atom stereocenters. The maximum Gasteiger partial charge on any atom is 0.338 e. The molecule has 1 saturated heterocycles. The van der Waals surface area contributed by atoms with Crippen LogP contribution < -0.4 is 0 Å². The molecule has 111 heavy (non-hydrogen) atoms. The van der Waals surface area contributed by atoms with Crippen LogP contribution in [-0.2, 0) is 14.9 Å². The molecule has 2 N–H and O–H groups in total. The number of nitrogens with zero attached hydrogens (tertiary/aromatic N) is 6. The summed E-state index contributed by atoms with van der Waals surface area (Å²) in [4.78, 5) is 59.9. The van der Waals surface area contributed by atoms with Crippen LogP contribution in [0.4, 0.5) is 0 Å². The van der Waals surface area contributed by atoms with E-state index in [1.165, 1.54) is 12.0 Å². The van der Waals surface area contributed by atoms with Crippen molar-refractivity contribution in [2.45, 2.75) is 38.1 Å². The first-order valence-corrected chi connectivity index (χ1v) is 36.8. The number of benzene rings is 7. The number of ether oxygens (including phenoxy) is 2. The van der Waals surface area contributed by atoms with Crippen LogP contribution in [0.3, 0.4) is 0 Å². The average molecular weight is 1440 g/mol. The van der Waals surface area contributed by atoms with Gasteiger partial charge in [0, 0.05) is 110 Å². The first kappa shape index (κ1) is 70.6. The van der Waals surface area contributed by atoms with Gasteiger partial charge >= 0.3 is 11.9 Å². The SMILES string of the molecule is CCOC(=O)c1ccc(-c2c3nc(c(C#Cc4ccc(C(c5ccc(C#Cc6ccncc6)cc5)(c5ccc(C#Cc6ccncc6)cc5)c5ccc(C#Cc6ccncc6)cc5)cc4)c4ccc([nH]4)c(-c4ccc(C(=O)OCC)cc4)c4nc(c(C#Cc5ccc(C6CCCN6C)cc5)c5ccc2[nH]5)C=C4)C=C3)cc1. The number of carbonyl (C=O) groups excluding carboxylic acids is 2. The highest BCUT2D eigenvalue weighted by Crippen LogP contribution is 2.46. The van der Waals surface area contributed by atoms with Crippen molar-refractivity contribution in [2.24, 2.45) is 0 Å². The normalized spacial score (nSPS) is 12.7. The Morgan fingerprint density at radius 1 is 0.378 bits per heavy atom. The molecule has 12 nitrogen and oxygen atoms in total. The summed E-state index contributed by atoms with van der Waals surface area (Å²) in [5, 5.41) is 0. The van der Waals surface area contributed by atoms with Gasteiger partial charge in [0.2, 0.25) is 0 Å². The molecular formula is C99H70N8O4. The molecule has 3 aliphatic heterocycles. The van der Waals surface area contributed by atoms with Crippen molar-refractivity contribution in [3.8, 4) is 81.5 Å². The zero-order chi connectivity index (χ0) is 75.5. The van der Waals surface area contributed by atoms with E-state index in [2.05, 4.69) is 217 Å². The Hall–Kier alpha value is -14.7. The van der Waals surface area contributed by atoms with Crippen molar-refractivity contribution in [3.63, 3.8) is 0 Å². The number of rotatable bonds is 11. The van der Waals surface area contributed by atoms with E-state index in [-0.39, 0.29) is 13.2 Å². The first-order chi connectivity index (χ1) is 54.6. The summed E-state index contributed by atoms with van der Waals surface area (Å²) in [6, 6.07) is 77.3. The fraction of sp³-hybridized carbons (Fsp3) is 0.101. The van der Waals surface area contributed by atoms with Gasteiger partial charge in [0.15, 0.2) is 0 Å². The second kappa shape index (κ2) is 32.2. The molecule has 3 aliphatic rings. The maximum atomic E-state index is 13.2. The van der Waals surface area contributed by atoms with Gasteiger partial charge in [0.05, 0.1) is 74.7 Å². The van der Waals surface area contributed by atoms with Crippen LogP contribution in [0, 0.1) is 59.2 Å². The fourth-order valence-electron chi connectivity index (χ4n) is 14.4. The van der Waals surface area contributed by atoms with Crippen molar-refractivity contribution in [1.29, 1.82) is 0 Å². The average Bonchev–Trinajstić information content (AvgIpc) is 1.17. The van der Waals surface area contributed by atoms with Crippen LogP contribution in [-0.4, -0.2) is 78.5 Å². The molecule has 8 bridgehead atoms. The van der Waals surface area contributed by atoms with Crippen molar-refractivity contribution in [2.75, 3.05) is 26.8 Å². The summed E-state index contributed by atoms with van der Waals surface area (Å²) in [7, 11) is 2.19. The highest BCUT2D eigenvalue weighted by atomic mass is 16.5. The van der Waals surface area contributed by atoms with E-state index < -0.39 is 17.4 Å². The van der Waals surface area contributed by atoms with Gasteiger partial charge in [-0.05, 0) is 249 Å². The monoisotopic (exact) mass is 1430 g/mol. The lowest BCUT2D eigenvalue weighted by Gasteiger charge is -2.37. The molecule has 0 spiro atoms. The molecule has 1 fully saturated rings. The number of likely N-dealkylation sites (tertiary alicyclic amines) is 1. The maximum absolute atomic E-state index is 13.2. The number of H-pyrrole nitrogens is 2. The largest absolute Gasteiger partial charge is 0.462 e. The number of hydrogen-bond acceptors (Lipinski definition) is 10. The Morgan fingerprint density at radius 3 is 1.01 bits per heavy atom. The Bertz CT molecular complexity index is 5990. The molecule has 6 aromatic heterocycles. The minimum atomic E-state index is -0.922. The topological polar surface area (TPSA) is 152 Å². The van der Waals surface area contributed by atoms with Crippen molar-refractivity contribution in [1.82, 2.24) is 39.8 Å². The molecule has 12 heteroatoms. The number of aromatic amines is 2. The number of pyridine rings is 3. The molecule has 9 heterocycles. The number of aromatic nitrogens is 7. The second-order valence-electron chi connectivity index (χ2n) is 26.9. The Labute approximate surface area is 644 Å². The molecule has 7 aromatic carbocycles. The number of nitrogens with one attached hydrogen (secondary N) is 2. The third-order valence-electron chi connectivity index (χ3n) is 20.0. The molecule has 0 saturated carbocycles. The van der Waals surface area contributed by atoms with E-state index in [0.29, 0.717) is 56.6 Å².